The highest BCUT2D eigenvalue weighted by atomic mass is 16.5. The van der Waals surface area contributed by atoms with E-state index >= 15 is 0 Å². The zero-order chi connectivity index (χ0) is 14.3. The third-order valence-electron chi connectivity index (χ3n) is 2.62. The molecule has 1 aromatic rings. The van der Waals surface area contributed by atoms with Crippen molar-refractivity contribution in [2.24, 2.45) is 0 Å². The first-order valence-electron chi connectivity index (χ1n) is 6.30. The van der Waals surface area contributed by atoms with Crippen LogP contribution >= 0.6 is 0 Å². The maximum absolute atomic E-state index is 11.7. The molecule has 0 saturated heterocycles. The number of carboxylic acid groups (broad SMARTS) is 1. The van der Waals surface area contributed by atoms with Gasteiger partial charge in [0.2, 0.25) is 11.8 Å². The van der Waals surface area contributed by atoms with Gasteiger partial charge in [-0.15, -0.1) is 0 Å². The molecule has 0 aliphatic rings. The number of amides is 1. The van der Waals surface area contributed by atoms with E-state index in [9.17, 15) is 9.59 Å². The van der Waals surface area contributed by atoms with E-state index in [0.29, 0.717) is 18.1 Å². The van der Waals surface area contributed by atoms with E-state index in [1.807, 2.05) is 6.92 Å². The molecule has 0 atom stereocenters. The van der Waals surface area contributed by atoms with E-state index in [4.69, 9.17) is 9.63 Å². The van der Waals surface area contributed by atoms with E-state index in [1.165, 1.54) is 4.90 Å². The van der Waals surface area contributed by atoms with Gasteiger partial charge in [-0.05, 0) is 6.42 Å². The van der Waals surface area contributed by atoms with E-state index in [2.05, 4.69) is 10.1 Å². The van der Waals surface area contributed by atoms with E-state index in [1.54, 1.807) is 7.05 Å². The number of carbonyl (C=O) groups is 2. The number of carbonyl (C=O) groups excluding carboxylic acids is 1. The van der Waals surface area contributed by atoms with Crippen LogP contribution in [0.15, 0.2) is 4.52 Å². The molecule has 106 valence electrons. The van der Waals surface area contributed by atoms with Crippen LogP contribution in [0.25, 0.3) is 0 Å². The molecule has 0 saturated carbocycles. The molecular weight excluding hydrogens is 250 g/mol. The molecule has 0 aromatic carbocycles. The molecule has 1 rings (SSSR count). The molecular formula is C12H19N3O4. The zero-order valence-electron chi connectivity index (χ0n) is 11.3. The molecule has 1 heterocycles. The second kappa shape index (κ2) is 7.50. The van der Waals surface area contributed by atoms with Crippen molar-refractivity contribution in [3.8, 4) is 0 Å². The Kier molecular flexibility index (Phi) is 5.98. The maximum atomic E-state index is 11.7. The average Bonchev–Trinajstić information content (AvgIpc) is 2.81. The molecule has 1 amide bonds. The van der Waals surface area contributed by atoms with Gasteiger partial charge in [-0.25, -0.2) is 0 Å². The van der Waals surface area contributed by atoms with E-state index in [-0.39, 0.29) is 25.3 Å². The van der Waals surface area contributed by atoms with E-state index in [0.717, 1.165) is 12.8 Å². The van der Waals surface area contributed by atoms with Crippen molar-refractivity contribution in [1.82, 2.24) is 15.0 Å². The highest BCUT2D eigenvalue weighted by Gasteiger charge is 2.13. The second-order valence-electron chi connectivity index (χ2n) is 4.31. The van der Waals surface area contributed by atoms with Crippen molar-refractivity contribution in [2.75, 3.05) is 13.6 Å². The van der Waals surface area contributed by atoms with Crippen molar-refractivity contribution < 1.29 is 19.2 Å². The molecule has 0 bridgehead atoms. The van der Waals surface area contributed by atoms with Crippen LogP contribution in [-0.4, -0.2) is 45.6 Å². The Morgan fingerprint density at radius 1 is 1.32 bits per heavy atom. The number of aromatic nitrogens is 2. The fraction of sp³-hybridized carbons (Fsp3) is 0.667. The molecule has 0 radical (unpaired) electrons. The first-order valence-corrected chi connectivity index (χ1v) is 6.30. The summed E-state index contributed by atoms with van der Waals surface area (Å²) in [5.74, 6) is 0.0601. The van der Waals surface area contributed by atoms with Crippen molar-refractivity contribution in [2.45, 2.75) is 39.0 Å². The molecule has 0 spiro atoms. The number of hydrogen-bond acceptors (Lipinski definition) is 5. The third-order valence-corrected chi connectivity index (χ3v) is 2.62. The molecule has 19 heavy (non-hydrogen) atoms. The Hall–Kier alpha value is -1.92. The van der Waals surface area contributed by atoms with Gasteiger partial charge >= 0.3 is 5.97 Å². The lowest BCUT2D eigenvalue weighted by atomic mass is 10.2. The predicted molar refractivity (Wildman–Crippen MR) is 66.5 cm³/mol. The number of rotatable bonds is 8. The summed E-state index contributed by atoms with van der Waals surface area (Å²) < 4.78 is 5.02. The van der Waals surface area contributed by atoms with Gasteiger partial charge < -0.3 is 14.5 Å². The molecule has 0 aliphatic heterocycles. The Bertz CT molecular complexity index is 430. The van der Waals surface area contributed by atoms with Crippen molar-refractivity contribution in [1.29, 1.82) is 0 Å². The lowest BCUT2D eigenvalue weighted by molar-refractivity contribution is -0.138. The van der Waals surface area contributed by atoms with Gasteiger partial charge in [0, 0.05) is 32.9 Å². The van der Waals surface area contributed by atoms with Crippen LogP contribution in [0, 0.1) is 0 Å². The lowest BCUT2D eigenvalue weighted by Gasteiger charge is -2.15. The maximum Gasteiger partial charge on any atom is 0.305 e. The largest absolute Gasteiger partial charge is 0.481 e. The van der Waals surface area contributed by atoms with Gasteiger partial charge in [0.25, 0.3) is 0 Å². The van der Waals surface area contributed by atoms with Crippen molar-refractivity contribution in [3.05, 3.63) is 11.7 Å². The summed E-state index contributed by atoms with van der Waals surface area (Å²) in [7, 11) is 1.58. The van der Waals surface area contributed by atoms with Gasteiger partial charge in [0.1, 0.15) is 0 Å². The summed E-state index contributed by atoms with van der Waals surface area (Å²) in [5, 5.41) is 12.3. The summed E-state index contributed by atoms with van der Waals surface area (Å²) in [5.41, 5.74) is 0. The Morgan fingerprint density at radius 3 is 2.68 bits per heavy atom. The van der Waals surface area contributed by atoms with Gasteiger partial charge in [-0.2, -0.15) is 4.98 Å². The van der Waals surface area contributed by atoms with Crippen molar-refractivity contribution in [3.63, 3.8) is 0 Å². The van der Waals surface area contributed by atoms with Crippen molar-refractivity contribution >= 4 is 11.9 Å². The number of aryl methyl sites for hydroxylation is 2. The predicted octanol–water partition coefficient (Wildman–Crippen LogP) is 0.888. The molecule has 1 N–H and O–H groups in total. The molecule has 0 unspecified atom stereocenters. The molecule has 0 aliphatic carbocycles. The first-order chi connectivity index (χ1) is 9.02. The van der Waals surface area contributed by atoms with Gasteiger partial charge in [-0.1, -0.05) is 12.1 Å². The molecule has 7 nitrogen and oxygen atoms in total. The Morgan fingerprint density at radius 2 is 2.05 bits per heavy atom. The van der Waals surface area contributed by atoms with Crippen LogP contribution in [0.4, 0.5) is 0 Å². The minimum absolute atomic E-state index is 0.0521. The Balaban J connectivity index is 2.34. The lowest BCUT2D eigenvalue weighted by Crippen LogP contribution is -2.29. The summed E-state index contributed by atoms with van der Waals surface area (Å²) in [6.45, 7) is 2.23. The first kappa shape index (κ1) is 15.1. The summed E-state index contributed by atoms with van der Waals surface area (Å²) in [6.07, 6.45) is 2.27. The van der Waals surface area contributed by atoms with E-state index < -0.39 is 5.97 Å². The van der Waals surface area contributed by atoms with Crippen LogP contribution in [-0.2, 0) is 22.4 Å². The zero-order valence-corrected chi connectivity index (χ0v) is 11.3. The fourth-order valence-corrected chi connectivity index (χ4v) is 1.51. The normalized spacial score (nSPS) is 10.4. The monoisotopic (exact) mass is 269 g/mol. The number of carboxylic acids is 1. The number of hydrogen-bond donors (Lipinski definition) is 1. The van der Waals surface area contributed by atoms with Crippen LogP contribution in [0.1, 0.15) is 37.9 Å². The SMILES string of the molecule is CCCc1noc(CCC(=O)N(C)CCC(=O)O)n1. The van der Waals surface area contributed by atoms with Crippen LogP contribution < -0.4 is 0 Å². The minimum atomic E-state index is -0.916. The third kappa shape index (κ3) is 5.50. The van der Waals surface area contributed by atoms with Crippen LogP contribution in [0.3, 0.4) is 0 Å². The minimum Gasteiger partial charge on any atom is -0.481 e. The van der Waals surface area contributed by atoms with Gasteiger partial charge in [0.05, 0.1) is 6.42 Å². The van der Waals surface area contributed by atoms with Crippen LogP contribution in [0.2, 0.25) is 0 Å². The Labute approximate surface area is 111 Å². The summed E-state index contributed by atoms with van der Waals surface area (Å²) in [6, 6.07) is 0. The quantitative estimate of drug-likeness (QED) is 0.752. The highest BCUT2D eigenvalue weighted by molar-refractivity contribution is 5.76. The molecule has 1 aromatic heterocycles. The smallest absolute Gasteiger partial charge is 0.305 e. The van der Waals surface area contributed by atoms with Gasteiger partial charge in [-0.3, -0.25) is 9.59 Å². The number of aliphatic carboxylic acids is 1. The molecule has 7 heteroatoms. The molecule has 0 fully saturated rings. The van der Waals surface area contributed by atoms with Crippen LogP contribution in [0.5, 0.6) is 0 Å². The van der Waals surface area contributed by atoms with Gasteiger partial charge in [0.15, 0.2) is 5.82 Å². The summed E-state index contributed by atoms with van der Waals surface area (Å²) >= 11 is 0. The second-order valence-corrected chi connectivity index (χ2v) is 4.31. The fourth-order valence-electron chi connectivity index (χ4n) is 1.51. The number of nitrogens with zero attached hydrogens (tertiary/aromatic N) is 3. The summed E-state index contributed by atoms with van der Waals surface area (Å²) in [4.78, 5) is 27.7. The topological polar surface area (TPSA) is 96.5 Å². The standard InChI is InChI=1S/C12H19N3O4/c1-3-4-9-13-10(19-14-9)5-6-11(16)15(2)8-7-12(17)18/h3-8H2,1-2H3,(H,17,18). The average molecular weight is 269 g/mol. The highest BCUT2D eigenvalue weighted by Crippen LogP contribution is 2.04.